The Bertz CT molecular complexity index is 558. The highest BCUT2D eigenvalue weighted by molar-refractivity contribution is 5.97. The van der Waals surface area contributed by atoms with Gasteiger partial charge < -0.3 is 20.1 Å². The first-order chi connectivity index (χ1) is 11.4. The molecule has 0 fully saturated rings. The molecule has 6 heteroatoms. The highest BCUT2D eigenvalue weighted by Crippen LogP contribution is 2.28. The highest BCUT2D eigenvalue weighted by Gasteiger charge is 2.14. The van der Waals surface area contributed by atoms with Crippen LogP contribution in [0.25, 0.3) is 0 Å². The van der Waals surface area contributed by atoms with Gasteiger partial charge in [0.15, 0.2) is 11.5 Å². The lowest BCUT2D eigenvalue weighted by atomic mass is 10.1. The molecular weight excluding hydrogens is 308 g/mol. The maximum Gasteiger partial charge on any atom is 0.251 e. The van der Waals surface area contributed by atoms with E-state index in [-0.39, 0.29) is 24.4 Å². The zero-order valence-electron chi connectivity index (χ0n) is 15.1. The largest absolute Gasteiger partial charge is 0.490 e. The van der Waals surface area contributed by atoms with Crippen molar-refractivity contribution >= 4 is 11.8 Å². The van der Waals surface area contributed by atoms with Crippen LogP contribution in [0.5, 0.6) is 11.5 Å². The second-order valence-corrected chi connectivity index (χ2v) is 5.81. The van der Waals surface area contributed by atoms with E-state index >= 15 is 0 Å². The molecule has 0 aliphatic rings. The fourth-order valence-electron chi connectivity index (χ4n) is 1.93. The van der Waals surface area contributed by atoms with Crippen molar-refractivity contribution in [2.45, 2.75) is 40.7 Å². The van der Waals surface area contributed by atoms with Crippen molar-refractivity contribution in [2.75, 3.05) is 19.8 Å². The Morgan fingerprint density at radius 3 is 2.25 bits per heavy atom. The molecule has 2 N–H and O–H groups in total. The van der Waals surface area contributed by atoms with Crippen LogP contribution >= 0.6 is 0 Å². The van der Waals surface area contributed by atoms with Gasteiger partial charge in [-0.25, -0.2) is 0 Å². The Balaban J connectivity index is 2.67. The third-order valence-electron chi connectivity index (χ3n) is 3.60. The lowest BCUT2D eigenvalue weighted by molar-refractivity contribution is -0.121. The van der Waals surface area contributed by atoms with Gasteiger partial charge in [0.25, 0.3) is 5.91 Å². The van der Waals surface area contributed by atoms with Crippen LogP contribution in [0.2, 0.25) is 0 Å². The summed E-state index contributed by atoms with van der Waals surface area (Å²) in [5.74, 6) is 0.917. The van der Waals surface area contributed by atoms with E-state index in [4.69, 9.17) is 9.47 Å². The highest BCUT2D eigenvalue weighted by atomic mass is 16.5. The number of carbonyl (C=O) groups excluding carboxylic acids is 2. The van der Waals surface area contributed by atoms with Crippen LogP contribution in [0.4, 0.5) is 0 Å². The number of nitrogens with one attached hydrogen (secondary N) is 2. The van der Waals surface area contributed by atoms with E-state index in [1.807, 2.05) is 34.6 Å². The molecule has 0 saturated carbocycles. The Hall–Kier alpha value is -2.24. The lowest BCUT2D eigenvalue weighted by Crippen LogP contribution is -2.42. The summed E-state index contributed by atoms with van der Waals surface area (Å²) in [6, 6.07) is 5.03. The molecule has 1 aromatic rings. The molecular formula is C18H28N2O4. The van der Waals surface area contributed by atoms with Crippen molar-refractivity contribution in [1.29, 1.82) is 0 Å². The van der Waals surface area contributed by atoms with Gasteiger partial charge in [-0.15, -0.1) is 0 Å². The van der Waals surface area contributed by atoms with Crippen molar-refractivity contribution in [3.63, 3.8) is 0 Å². The fourth-order valence-corrected chi connectivity index (χ4v) is 1.93. The number of hydrogen-bond acceptors (Lipinski definition) is 4. The SMILES string of the molecule is CCOc1ccc(C(=O)NCC(=O)NC(C)C(C)C)cc1OCC. The van der Waals surface area contributed by atoms with Gasteiger partial charge in [0.1, 0.15) is 0 Å². The number of carbonyl (C=O) groups is 2. The first kappa shape index (κ1) is 19.8. The smallest absolute Gasteiger partial charge is 0.251 e. The van der Waals surface area contributed by atoms with Crippen LogP contribution < -0.4 is 20.1 Å². The van der Waals surface area contributed by atoms with E-state index in [1.165, 1.54) is 0 Å². The number of hydrogen-bond donors (Lipinski definition) is 2. The minimum Gasteiger partial charge on any atom is -0.490 e. The number of benzene rings is 1. The third kappa shape index (κ3) is 6.10. The summed E-state index contributed by atoms with van der Waals surface area (Å²) in [4.78, 5) is 24.0. The summed E-state index contributed by atoms with van der Waals surface area (Å²) in [5, 5.41) is 5.46. The summed E-state index contributed by atoms with van der Waals surface area (Å²) in [6.07, 6.45) is 0. The molecule has 1 unspecified atom stereocenters. The van der Waals surface area contributed by atoms with Gasteiger partial charge in [-0.2, -0.15) is 0 Å². The zero-order chi connectivity index (χ0) is 18.1. The molecule has 1 rings (SSSR count). The molecule has 1 atom stereocenters. The summed E-state index contributed by atoms with van der Waals surface area (Å²) >= 11 is 0. The van der Waals surface area contributed by atoms with Crippen molar-refractivity contribution in [1.82, 2.24) is 10.6 Å². The van der Waals surface area contributed by atoms with E-state index < -0.39 is 0 Å². The normalized spacial score (nSPS) is 11.8. The quantitative estimate of drug-likeness (QED) is 0.726. The van der Waals surface area contributed by atoms with Gasteiger partial charge in [-0.05, 0) is 44.9 Å². The molecule has 24 heavy (non-hydrogen) atoms. The molecule has 134 valence electrons. The van der Waals surface area contributed by atoms with Gasteiger partial charge in [0, 0.05) is 11.6 Å². The van der Waals surface area contributed by atoms with Crippen molar-refractivity contribution < 1.29 is 19.1 Å². The number of rotatable bonds is 9. The fraction of sp³-hybridized carbons (Fsp3) is 0.556. The van der Waals surface area contributed by atoms with Crippen LogP contribution in [-0.4, -0.2) is 37.6 Å². The zero-order valence-corrected chi connectivity index (χ0v) is 15.1. The van der Waals surface area contributed by atoms with Crippen LogP contribution in [0.3, 0.4) is 0 Å². The maximum absolute atomic E-state index is 12.2. The molecule has 0 saturated heterocycles. The summed E-state index contributed by atoms with van der Waals surface area (Å²) in [7, 11) is 0. The number of ether oxygens (including phenoxy) is 2. The van der Waals surface area contributed by atoms with Gasteiger partial charge in [-0.1, -0.05) is 13.8 Å². The number of amides is 2. The molecule has 0 spiro atoms. The standard InChI is InChI=1S/C18H28N2O4/c1-6-23-15-9-8-14(10-16(15)24-7-2)18(22)19-11-17(21)20-13(5)12(3)4/h8-10,12-13H,6-7,11H2,1-5H3,(H,19,22)(H,20,21). The van der Waals surface area contributed by atoms with Crippen LogP contribution in [0.1, 0.15) is 45.0 Å². The Morgan fingerprint density at radius 1 is 1.04 bits per heavy atom. The summed E-state index contributed by atoms with van der Waals surface area (Å²) in [5.41, 5.74) is 0.423. The Morgan fingerprint density at radius 2 is 1.67 bits per heavy atom. The van der Waals surface area contributed by atoms with Crippen molar-refractivity contribution in [3.05, 3.63) is 23.8 Å². The minimum absolute atomic E-state index is 0.0597. The minimum atomic E-state index is -0.327. The Kier molecular flexibility index (Phi) is 8.09. The van der Waals surface area contributed by atoms with Gasteiger partial charge in [0.2, 0.25) is 5.91 Å². The van der Waals surface area contributed by atoms with Crippen LogP contribution in [-0.2, 0) is 4.79 Å². The second-order valence-electron chi connectivity index (χ2n) is 5.81. The first-order valence-electron chi connectivity index (χ1n) is 8.36. The molecule has 6 nitrogen and oxygen atoms in total. The van der Waals surface area contributed by atoms with E-state index in [0.717, 1.165) is 0 Å². The molecule has 0 radical (unpaired) electrons. The average molecular weight is 336 g/mol. The third-order valence-corrected chi connectivity index (χ3v) is 3.60. The molecule has 2 amide bonds. The monoisotopic (exact) mass is 336 g/mol. The molecule has 0 aromatic heterocycles. The molecule has 0 heterocycles. The second kappa shape index (κ2) is 9.80. The lowest BCUT2D eigenvalue weighted by Gasteiger charge is -2.17. The summed E-state index contributed by atoms with van der Waals surface area (Å²) in [6.45, 7) is 10.7. The first-order valence-corrected chi connectivity index (χ1v) is 8.36. The Labute approximate surface area is 143 Å². The van der Waals surface area contributed by atoms with E-state index in [2.05, 4.69) is 10.6 Å². The molecule has 1 aromatic carbocycles. The van der Waals surface area contributed by atoms with E-state index in [1.54, 1.807) is 18.2 Å². The van der Waals surface area contributed by atoms with E-state index in [0.29, 0.717) is 36.2 Å². The average Bonchev–Trinajstić information content (AvgIpc) is 2.54. The van der Waals surface area contributed by atoms with E-state index in [9.17, 15) is 9.59 Å². The van der Waals surface area contributed by atoms with Gasteiger partial charge >= 0.3 is 0 Å². The molecule has 0 aliphatic heterocycles. The topological polar surface area (TPSA) is 76.7 Å². The van der Waals surface area contributed by atoms with Gasteiger partial charge in [-0.3, -0.25) is 9.59 Å². The van der Waals surface area contributed by atoms with Crippen molar-refractivity contribution in [3.8, 4) is 11.5 Å². The molecule has 0 bridgehead atoms. The van der Waals surface area contributed by atoms with Gasteiger partial charge in [0.05, 0.1) is 19.8 Å². The molecule has 0 aliphatic carbocycles. The maximum atomic E-state index is 12.2. The van der Waals surface area contributed by atoms with Crippen LogP contribution in [0.15, 0.2) is 18.2 Å². The predicted molar refractivity (Wildman–Crippen MR) is 93.6 cm³/mol. The van der Waals surface area contributed by atoms with Crippen molar-refractivity contribution in [2.24, 2.45) is 5.92 Å². The predicted octanol–water partition coefficient (Wildman–Crippen LogP) is 2.37. The van der Waals surface area contributed by atoms with Crippen LogP contribution in [0, 0.1) is 5.92 Å². The summed E-state index contributed by atoms with van der Waals surface area (Å²) < 4.78 is 11.0.